The molecular weight excluding hydrogens is 384 g/mol. The van der Waals surface area contributed by atoms with Crippen molar-refractivity contribution < 1.29 is 14.3 Å². The minimum Gasteiger partial charge on any atom is -0.491 e. The molecule has 1 atom stereocenters. The maximum absolute atomic E-state index is 12.8. The van der Waals surface area contributed by atoms with E-state index in [0.717, 1.165) is 11.3 Å². The Morgan fingerprint density at radius 2 is 2.00 bits per heavy atom. The Balaban J connectivity index is 1.54. The van der Waals surface area contributed by atoms with E-state index in [4.69, 9.17) is 10.5 Å². The zero-order chi connectivity index (χ0) is 21.7. The van der Waals surface area contributed by atoms with Crippen molar-refractivity contribution in [1.82, 2.24) is 25.1 Å². The number of nitrogen functional groups attached to an aromatic ring is 1. The van der Waals surface area contributed by atoms with Crippen LogP contribution in [-0.2, 0) is 4.79 Å². The maximum Gasteiger partial charge on any atom is 0.272 e. The molecule has 1 aromatic heterocycles. The summed E-state index contributed by atoms with van der Waals surface area (Å²) in [5.41, 5.74) is 7.59. The van der Waals surface area contributed by atoms with Gasteiger partial charge in [0.1, 0.15) is 24.1 Å². The van der Waals surface area contributed by atoms with Gasteiger partial charge in [-0.1, -0.05) is 18.2 Å². The van der Waals surface area contributed by atoms with E-state index in [-0.39, 0.29) is 30.0 Å². The van der Waals surface area contributed by atoms with Crippen molar-refractivity contribution in [2.45, 2.75) is 19.9 Å². The molecule has 1 saturated heterocycles. The summed E-state index contributed by atoms with van der Waals surface area (Å²) in [7, 11) is 1.88. The van der Waals surface area contributed by atoms with E-state index in [2.05, 4.69) is 15.3 Å². The molecule has 3 N–H and O–H groups in total. The van der Waals surface area contributed by atoms with Gasteiger partial charge in [0.05, 0.1) is 6.54 Å². The number of rotatable bonds is 6. The van der Waals surface area contributed by atoms with Crippen molar-refractivity contribution in [3.8, 4) is 5.75 Å². The molecule has 2 amide bonds. The third kappa shape index (κ3) is 5.24. The lowest BCUT2D eigenvalue weighted by Gasteiger charge is -2.38. The zero-order valence-corrected chi connectivity index (χ0v) is 17.6. The highest BCUT2D eigenvalue weighted by atomic mass is 16.5. The van der Waals surface area contributed by atoms with Gasteiger partial charge in [0.2, 0.25) is 11.9 Å². The van der Waals surface area contributed by atoms with Gasteiger partial charge in [-0.25, -0.2) is 9.97 Å². The lowest BCUT2D eigenvalue weighted by molar-refractivity contribution is -0.127. The molecule has 9 heteroatoms. The molecule has 1 aliphatic heterocycles. The minimum atomic E-state index is -0.443. The number of aryl methyl sites for hydroxylation is 2. The number of para-hydroxylation sites is 1. The van der Waals surface area contributed by atoms with Gasteiger partial charge in [-0.05, 0) is 38.6 Å². The number of likely N-dealkylation sites (N-methyl/N-ethyl adjacent to an activating group) is 1. The first-order valence-corrected chi connectivity index (χ1v) is 9.92. The number of piperazine rings is 1. The average Bonchev–Trinajstić information content (AvgIpc) is 2.71. The van der Waals surface area contributed by atoms with Crippen molar-refractivity contribution in [3.05, 3.63) is 47.3 Å². The molecule has 0 aliphatic carbocycles. The van der Waals surface area contributed by atoms with Crippen LogP contribution in [0.2, 0.25) is 0 Å². The van der Waals surface area contributed by atoms with Gasteiger partial charge in [-0.2, -0.15) is 0 Å². The Morgan fingerprint density at radius 3 is 2.73 bits per heavy atom. The summed E-state index contributed by atoms with van der Waals surface area (Å²) in [6, 6.07) is 8.90. The smallest absolute Gasteiger partial charge is 0.272 e. The van der Waals surface area contributed by atoms with Crippen LogP contribution in [0.25, 0.3) is 0 Å². The first-order valence-electron chi connectivity index (χ1n) is 9.92. The molecule has 0 spiro atoms. The van der Waals surface area contributed by atoms with Crippen LogP contribution < -0.4 is 15.8 Å². The molecule has 30 heavy (non-hydrogen) atoms. The summed E-state index contributed by atoms with van der Waals surface area (Å²) in [6.45, 7) is 5.86. The van der Waals surface area contributed by atoms with Crippen LogP contribution in [0.4, 0.5) is 5.95 Å². The monoisotopic (exact) mass is 412 g/mol. The van der Waals surface area contributed by atoms with Crippen LogP contribution in [0.15, 0.2) is 30.3 Å². The molecule has 0 unspecified atom stereocenters. The second kappa shape index (κ2) is 9.53. The molecule has 2 heterocycles. The number of carbonyl (C=O) groups excluding carboxylic acids is 2. The lowest BCUT2D eigenvalue weighted by Crippen LogP contribution is -2.59. The SMILES string of the molecule is Cc1cc(C(=O)N2CCN(C)[C@H](C(=O)NCCOc3ccccc3C)C2)nc(N)n1. The molecule has 0 bridgehead atoms. The third-order valence-corrected chi connectivity index (χ3v) is 5.08. The number of amides is 2. The Bertz CT molecular complexity index is 899. The van der Waals surface area contributed by atoms with Crippen molar-refractivity contribution in [2.24, 2.45) is 0 Å². The minimum absolute atomic E-state index is 0.0652. The summed E-state index contributed by atoms with van der Waals surface area (Å²) in [6.07, 6.45) is 0. The van der Waals surface area contributed by atoms with Gasteiger partial charge in [0.15, 0.2) is 0 Å². The number of nitrogens with two attached hydrogens (primary N) is 1. The van der Waals surface area contributed by atoms with Gasteiger partial charge in [-0.3, -0.25) is 14.5 Å². The second-order valence-electron chi connectivity index (χ2n) is 7.41. The van der Waals surface area contributed by atoms with Gasteiger partial charge < -0.3 is 20.7 Å². The van der Waals surface area contributed by atoms with Crippen molar-refractivity contribution in [2.75, 3.05) is 45.6 Å². The van der Waals surface area contributed by atoms with E-state index in [1.165, 1.54) is 0 Å². The zero-order valence-electron chi connectivity index (χ0n) is 17.6. The van der Waals surface area contributed by atoms with Crippen LogP contribution >= 0.6 is 0 Å². The quantitative estimate of drug-likeness (QED) is 0.669. The highest BCUT2D eigenvalue weighted by Gasteiger charge is 2.33. The fourth-order valence-electron chi connectivity index (χ4n) is 3.38. The average molecular weight is 412 g/mol. The number of nitrogens with one attached hydrogen (secondary N) is 1. The highest BCUT2D eigenvalue weighted by molar-refractivity contribution is 5.93. The summed E-state index contributed by atoms with van der Waals surface area (Å²) < 4.78 is 5.72. The number of ether oxygens (including phenoxy) is 1. The molecule has 0 radical (unpaired) electrons. The maximum atomic E-state index is 12.8. The molecule has 1 aromatic carbocycles. The van der Waals surface area contributed by atoms with Crippen LogP contribution in [0, 0.1) is 13.8 Å². The van der Waals surface area contributed by atoms with Crippen molar-refractivity contribution in [1.29, 1.82) is 0 Å². The van der Waals surface area contributed by atoms with Gasteiger partial charge in [-0.15, -0.1) is 0 Å². The van der Waals surface area contributed by atoms with Gasteiger partial charge in [0.25, 0.3) is 5.91 Å². The number of aromatic nitrogens is 2. The second-order valence-corrected chi connectivity index (χ2v) is 7.41. The number of hydrogen-bond donors (Lipinski definition) is 2. The van der Waals surface area contributed by atoms with Crippen LogP contribution in [-0.4, -0.2) is 77.5 Å². The normalized spacial score (nSPS) is 16.9. The van der Waals surface area contributed by atoms with Gasteiger partial charge >= 0.3 is 0 Å². The molecule has 0 saturated carbocycles. The molecule has 9 nitrogen and oxygen atoms in total. The fourth-order valence-corrected chi connectivity index (χ4v) is 3.38. The van der Waals surface area contributed by atoms with Crippen molar-refractivity contribution in [3.63, 3.8) is 0 Å². The molecule has 2 aromatic rings. The number of anilines is 1. The van der Waals surface area contributed by atoms with E-state index in [9.17, 15) is 9.59 Å². The van der Waals surface area contributed by atoms with Crippen LogP contribution in [0.5, 0.6) is 5.75 Å². The molecule has 160 valence electrons. The summed E-state index contributed by atoms with van der Waals surface area (Å²) in [5, 5.41) is 2.90. The number of carbonyl (C=O) groups is 2. The molecule has 1 aliphatic rings. The third-order valence-electron chi connectivity index (χ3n) is 5.08. The molecule has 3 rings (SSSR count). The molecule has 1 fully saturated rings. The van der Waals surface area contributed by atoms with Gasteiger partial charge in [0, 0.05) is 25.3 Å². The lowest BCUT2D eigenvalue weighted by atomic mass is 10.1. The van der Waals surface area contributed by atoms with E-state index < -0.39 is 6.04 Å². The summed E-state index contributed by atoms with van der Waals surface area (Å²) in [4.78, 5) is 37.2. The largest absolute Gasteiger partial charge is 0.491 e. The van der Waals surface area contributed by atoms with Crippen LogP contribution in [0.3, 0.4) is 0 Å². The Labute approximate surface area is 176 Å². The van der Waals surface area contributed by atoms with Crippen LogP contribution in [0.1, 0.15) is 21.7 Å². The topological polar surface area (TPSA) is 114 Å². The Morgan fingerprint density at radius 1 is 1.23 bits per heavy atom. The predicted octanol–water partition coefficient (Wildman–Crippen LogP) is 0.627. The Hall–Kier alpha value is -3.20. The van der Waals surface area contributed by atoms with E-state index in [1.807, 2.05) is 43.1 Å². The molecular formula is C21H28N6O3. The fraction of sp³-hybridized carbons (Fsp3) is 0.429. The highest BCUT2D eigenvalue weighted by Crippen LogP contribution is 2.16. The summed E-state index contributed by atoms with van der Waals surface area (Å²) in [5.74, 6) is 0.482. The van der Waals surface area contributed by atoms with E-state index in [1.54, 1.807) is 17.9 Å². The first kappa shape index (κ1) is 21.5. The predicted molar refractivity (Wildman–Crippen MR) is 113 cm³/mol. The number of hydrogen-bond acceptors (Lipinski definition) is 7. The Kier molecular flexibility index (Phi) is 6.83. The summed E-state index contributed by atoms with van der Waals surface area (Å²) >= 11 is 0. The number of benzene rings is 1. The standard InChI is InChI=1S/C21H28N6O3/c1-14-6-4-5-7-18(14)30-11-8-23-19(28)17-13-27(10-9-26(17)3)20(29)16-12-15(2)24-21(22)25-16/h4-7,12,17H,8-11,13H2,1-3H3,(H,23,28)(H2,22,24,25)/t17-/m0/s1. The first-order chi connectivity index (χ1) is 14.3. The van der Waals surface area contributed by atoms with Crippen molar-refractivity contribution >= 4 is 17.8 Å². The number of nitrogens with zero attached hydrogens (tertiary/aromatic N) is 4. The van der Waals surface area contributed by atoms with E-state index in [0.29, 0.717) is 31.9 Å². The van der Waals surface area contributed by atoms with E-state index >= 15 is 0 Å².